The van der Waals surface area contributed by atoms with E-state index < -0.39 is 0 Å². The highest BCUT2D eigenvalue weighted by atomic mass is 16.5. The molecule has 15 heavy (non-hydrogen) atoms. The molecular formula is C11H13N3O. The molecule has 0 saturated heterocycles. The largest absolute Gasteiger partial charge is 0.486 e. The zero-order chi connectivity index (χ0) is 10.7. The van der Waals surface area contributed by atoms with Crippen molar-refractivity contribution in [2.45, 2.75) is 13.5 Å². The number of H-pyrrole nitrogens is 1. The summed E-state index contributed by atoms with van der Waals surface area (Å²) >= 11 is 0. The Bertz CT molecular complexity index is 433. The molecule has 0 atom stereocenters. The molecule has 1 heterocycles. The van der Waals surface area contributed by atoms with Gasteiger partial charge in [0.25, 0.3) is 0 Å². The number of nitrogens with one attached hydrogen (secondary N) is 1. The minimum Gasteiger partial charge on any atom is -0.486 e. The molecule has 3 N–H and O–H groups in total. The van der Waals surface area contributed by atoms with E-state index in [2.05, 4.69) is 9.97 Å². The minimum absolute atomic E-state index is 0.442. The molecule has 0 radical (unpaired) electrons. The number of aromatic amines is 1. The van der Waals surface area contributed by atoms with Crippen molar-refractivity contribution in [2.24, 2.45) is 0 Å². The number of rotatable bonds is 3. The third-order valence-electron chi connectivity index (χ3n) is 2.01. The number of aromatic nitrogens is 2. The lowest BCUT2D eigenvalue weighted by Crippen LogP contribution is -1.97. The molecule has 0 bridgehead atoms. The Labute approximate surface area is 88.1 Å². The van der Waals surface area contributed by atoms with Gasteiger partial charge >= 0.3 is 0 Å². The first-order valence-electron chi connectivity index (χ1n) is 4.73. The molecule has 4 heteroatoms. The smallest absolute Gasteiger partial charge is 0.146 e. The lowest BCUT2D eigenvalue weighted by molar-refractivity contribution is 0.297. The Morgan fingerprint density at radius 1 is 1.33 bits per heavy atom. The van der Waals surface area contributed by atoms with E-state index in [4.69, 9.17) is 10.5 Å². The van der Waals surface area contributed by atoms with Gasteiger partial charge in [-0.25, -0.2) is 4.98 Å². The summed E-state index contributed by atoms with van der Waals surface area (Å²) in [5.74, 6) is 1.61. The Morgan fingerprint density at radius 2 is 2.07 bits per heavy atom. The van der Waals surface area contributed by atoms with Crippen molar-refractivity contribution in [3.8, 4) is 5.75 Å². The first-order valence-corrected chi connectivity index (χ1v) is 4.73. The van der Waals surface area contributed by atoms with Crippen molar-refractivity contribution in [3.05, 3.63) is 42.0 Å². The van der Waals surface area contributed by atoms with Gasteiger partial charge in [-0.1, -0.05) is 0 Å². The number of benzene rings is 1. The molecule has 0 aliphatic rings. The number of imidazole rings is 1. The van der Waals surface area contributed by atoms with E-state index in [9.17, 15) is 0 Å². The number of ether oxygens (including phenoxy) is 1. The molecule has 0 fully saturated rings. The Balaban J connectivity index is 1.96. The van der Waals surface area contributed by atoms with Crippen LogP contribution in [-0.4, -0.2) is 9.97 Å². The quantitative estimate of drug-likeness (QED) is 0.748. The number of hydrogen-bond acceptors (Lipinski definition) is 3. The summed E-state index contributed by atoms with van der Waals surface area (Å²) in [5, 5.41) is 0. The lowest BCUT2D eigenvalue weighted by Gasteiger charge is -2.03. The molecule has 4 nitrogen and oxygen atoms in total. The maximum Gasteiger partial charge on any atom is 0.146 e. The highest BCUT2D eigenvalue weighted by Crippen LogP contribution is 2.14. The van der Waals surface area contributed by atoms with E-state index in [0.717, 1.165) is 23.0 Å². The van der Waals surface area contributed by atoms with E-state index in [1.807, 2.05) is 31.2 Å². The predicted molar refractivity (Wildman–Crippen MR) is 58.5 cm³/mol. The third-order valence-corrected chi connectivity index (χ3v) is 2.01. The van der Waals surface area contributed by atoms with Crippen molar-refractivity contribution in [1.82, 2.24) is 9.97 Å². The zero-order valence-electron chi connectivity index (χ0n) is 8.53. The van der Waals surface area contributed by atoms with Crippen molar-refractivity contribution in [3.63, 3.8) is 0 Å². The van der Waals surface area contributed by atoms with Crippen LogP contribution in [0.25, 0.3) is 0 Å². The van der Waals surface area contributed by atoms with Crippen LogP contribution in [0.2, 0.25) is 0 Å². The monoisotopic (exact) mass is 203 g/mol. The van der Waals surface area contributed by atoms with Crippen molar-refractivity contribution < 1.29 is 4.74 Å². The normalized spacial score (nSPS) is 10.2. The van der Waals surface area contributed by atoms with Crippen LogP contribution in [0, 0.1) is 6.92 Å². The van der Waals surface area contributed by atoms with E-state index in [1.165, 1.54) is 0 Å². The van der Waals surface area contributed by atoms with Gasteiger partial charge < -0.3 is 15.5 Å². The first-order chi connectivity index (χ1) is 7.24. The van der Waals surface area contributed by atoms with E-state index in [-0.39, 0.29) is 0 Å². The fraction of sp³-hybridized carbons (Fsp3) is 0.182. The molecule has 78 valence electrons. The summed E-state index contributed by atoms with van der Waals surface area (Å²) in [4.78, 5) is 7.24. The van der Waals surface area contributed by atoms with E-state index >= 15 is 0 Å². The lowest BCUT2D eigenvalue weighted by atomic mass is 10.3. The Morgan fingerprint density at radius 3 is 2.67 bits per heavy atom. The number of hydrogen-bond donors (Lipinski definition) is 2. The fourth-order valence-corrected chi connectivity index (χ4v) is 1.26. The summed E-state index contributed by atoms with van der Waals surface area (Å²) in [6.45, 7) is 2.40. The van der Waals surface area contributed by atoms with Crippen molar-refractivity contribution in [2.75, 3.05) is 5.73 Å². The number of aryl methyl sites for hydroxylation is 1. The van der Waals surface area contributed by atoms with Gasteiger partial charge in [-0.2, -0.15) is 0 Å². The second kappa shape index (κ2) is 4.04. The summed E-state index contributed by atoms with van der Waals surface area (Å²) in [6, 6.07) is 7.29. The number of nitrogens with two attached hydrogens (primary N) is 1. The molecule has 0 unspecified atom stereocenters. The molecule has 2 aromatic rings. The van der Waals surface area contributed by atoms with Gasteiger partial charge in [0.1, 0.15) is 18.2 Å². The molecule has 0 saturated carbocycles. The van der Waals surface area contributed by atoms with E-state index in [0.29, 0.717) is 6.61 Å². The van der Waals surface area contributed by atoms with E-state index in [1.54, 1.807) is 6.20 Å². The van der Waals surface area contributed by atoms with Crippen LogP contribution in [0.4, 0.5) is 5.69 Å². The second-order valence-corrected chi connectivity index (χ2v) is 3.37. The highest BCUT2D eigenvalue weighted by Gasteiger charge is 1.98. The zero-order valence-corrected chi connectivity index (χ0v) is 8.53. The first kappa shape index (κ1) is 9.58. The van der Waals surface area contributed by atoms with Gasteiger partial charge in [0, 0.05) is 17.6 Å². The topological polar surface area (TPSA) is 63.9 Å². The average molecular weight is 203 g/mol. The molecule has 1 aromatic heterocycles. The summed E-state index contributed by atoms with van der Waals surface area (Å²) < 4.78 is 5.51. The SMILES string of the molecule is Cc1cnc(COc2ccc(N)cc2)[nH]1. The molecule has 1 aromatic carbocycles. The molecular weight excluding hydrogens is 190 g/mol. The highest BCUT2D eigenvalue weighted by molar-refractivity contribution is 5.41. The molecule has 2 rings (SSSR count). The van der Waals surface area contributed by atoms with Crippen molar-refractivity contribution in [1.29, 1.82) is 0 Å². The Kier molecular flexibility index (Phi) is 2.58. The number of nitrogen functional groups attached to an aromatic ring is 1. The molecule has 0 aliphatic heterocycles. The molecule has 0 amide bonds. The predicted octanol–water partition coefficient (Wildman–Crippen LogP) is 1.88. The van der Waals surface area contributed by atoms with Crippen molar-refractivity contribution >= 4 is 5.69 Å². The van der Waals surface area contributed by atoms with Gasteiger partial charge in [0.05, 0.1) is 0 Å². The van der Waals surface area contributed by atoms with Crippen LogP contribution in [0.5, 0.6) is 5.75 Å². The van der Waals surface area contributed by atoms with Gasteiger partial charge in [0.15, 0.2) is 0 Å². The average Bonchev–Trinajstić information content (AvgIpc) is 2.64. The van der Waals surface area contributed by atoms with Crippen LogP contribution < -0.4 is 10.5 Å². The maximum atomic E-state index is 5.56. The maximum absolute atomic E-state index is 5.56. The summed E-state index contributed by atoms with van der Waals surface area (Å²) in [5.41, 5.74) is 7.33. The molecule has 0 aliphatic carbocycles. The Hall–Kier alpha value is -1.97. The van der Waals surface area contributed by atoms with Crippen LogP contribution in [0.15, 0.2) is 30.5 Å². The van der Waals surface area contributed by atoms with Gasteiger partial charge in [-0.3, -0.25) is 0 Å². The van der Waals surface area contributed by atoms with Crippen LogP contribution in [0.1, 0.15) is 11.5 Å². The standard InChI is InChI=1S/C11H13N3O/c1-8-6-13-11(14-8)7-15-10-4-2-9(12)3-5-10/h2-6H,7,12H2,1H3,(H,13,14). The summed E-state index contributed by atoms with van der Waals surface area (Å²) in [6.07, 6.45) is 1.78. The minimum atomic E-state index is 0.442. The molecule has 0 spiro atoms. The van der Waals surface area contributed by atoms with Crippen LogP contribution >= 0.6 is 0 Å². The van der Waals surface area contributed by atoms with Gasteiger partial charge in [-0.05, 0) is 31.2 Å². The van der Waals surface area contributed by atoms with Crippen LogP contribution in [-0.2, 0) is 6.61 Å². The number of nitrogens with zero attached hydrogens (tertiary/aromatic N) is 1. The second-order valence-electron chi connectivity index (χ2n) is 3.37. The summed E-state index contributed by atoms with van der Waals surface area (Å²) in [7, 11) is 0. The van der Waals surface area contributed by atoms with Gasteiger partial charge in [0.2, 0.25) is 0 Å². The number of anilines is 1. The fourth-order valence-electron chi connectivity index (χ4n) is 1.26. The van der Waals surface area contributed by atoms with Gasteiger partial charge in [-0.15, -0.1) is 0 Å². The third kappa shape index (κ3) is 2.49. The van der Waals surface area contributed by atoms with Crippen LogP contribution in [0.3, 0.4) is 0 Å².